The molecule has 0 aromatic heterocycles. The highest BCUT2D eigenvalue weighted by atomic mass is 16.6. The van der Waals surface area contributed by atoms with Crippen LogP contribution in [0.3, 0.4) is 0 Å². The normalized spacial score (nSPS) is 12.8. The smallest absolute Gasteiger partial charge is 0.306 e. The summed E-state index contributed by atoms with van der Waals surface area (Å²) in [4.78, 5) is 37.9. The molecule has 0 aromatic rings. The summed E-state index contributed by atoms with van der Waals surface area (Å²) in [7, 11) is 0. The summed E-state index contributed by atoms with van der Waals surface area (Å²) in [6.45, 7) is 6.46. The molecule has 0 spiro atoms. The Labute approximate surface area is 426 Å². The summed E-state index contributed by atoms with van der Waals surface area (Å²) >= 11 is 0. The Morgan fingerprint density at radius 1 is 0.304 bits per heavy atom. The molecule has 0 aromatic carbocycles. The van der Waals surface area contributed by atoms with Crippen molar-refractivity contribution in [2.75, 3.05) is 13.2 Å². The summed E-state index contributed by atoms with van der Waals surface area (Å²) in [5.74, 6) is -0.909. The van der Waals surface area contributed by atoms with E-state index >= 15 is 0 Å². The minimum Gasteiger partial charge on any atom is -0.462 e. The van der Waals surface area contributed by atoms with Gasteiger partial charge in [0.1, 0.15) is 13.2 Å². The van der Waals surface area contributed by atoms with Gasteiger partial charge in [0, 0.05) is 19.3 Å². The lowest BCUT2D eigenvalue weighted by Gasteiger charge is -2.18. The quantitative estimate of drug-likeness (QED) is 0.0262. The molecule has 69 heavy (non-hydrogen) atoms. The maximum Gasteiger partial charge on any atom is 0.306 e. The lowest BCUT2D eigenvalue weighted by atomic mass is 10.1. The van der Waals surface area contributed by atoms with E-state index in [1.54, 1.807) is 0 Å². The molecule has 0 bridgehead atoms. The van der Waals surface area contributed by atoms with Gasteiger partial charge in [-0.3, -0.25) is 14.4 Å². The third kappa shape index (κ3) is 55.1. The molecule has 0 fully saturated rings. The van der Waals surface area contributed by atoms with Gasteiger partial charge in [-0.25, -0.2) is 0 Å². The summed E-state index contributed by atoms with van der Waals surface area (Å²) < 4.78 is 16.8. The van der Waals surface area contributed by atoms with Crippen LogP contribution in [0.1, 0.15) is 265 Å². The van der Waals surface area contributed by atoms with Crippen LogP contribution in [0, 0.1) is 0 Å². The van der Waals surface area contributed by atoms with Gasteiger partial charge in [0.15, 0.2) is 6.10 Å². The van der Waals surface area contributed by atoms with Crippen molar-refractivity contribution in [1.29, 1.82) is 0 Å². The van der Waals surface area contributed by atoms with Crippen molar-refractivity contribution in [2.24, 2.45) is 0 Å². The highest BCUT2D eigenvalue weighted by molar-refractivity contribution is 5.71. The highest BCUT2D eigenvalue weighted by Crippen LogP contribution is 2.14. The molecule has 6 nitrogen and oxygen atoms in total. The maximum atomic E-state index is 12.8. The number of rotatable bonds is 51. The Morgan fingerprint density at radius 3 is 0.899 bits per heavy atom. The van der Waals surface area contributed by atoms with Crippen LogP contribution >= 0.6 is 0 Å². The van der Waals surface area contributed by atoms with Crippen LogP contribution in [-0.4, -0.2) is 37.2 Å². The van der Waals surface area contributed by atoms with Crippen LogP contribution in [0.25, 0.3) is 0 Å². The van der Waals surface area contributed by atoms with Crippen LogP contribution in [-0.2, 0) is 28.6 Å². The molecule has 0 aliphatic rings. The fraction of sp³-hybridized carbons (Fsp3) is 0.698. The number of hydrogen-bond donors (Lipinski definition) is 0. The van der Waals surface area contributed by atoms with Gasteiger partial charge in [-0.05, 0) is 103 Å². The number of ether oxygens (including phenoxy) is 3. The zero-order chi connectivity index (χ0) is 50.0. The summed E-state index contributed by atoms with van der Waals surface area (Å²) in [6.07, 6.45) is 75.6. The van der Waals surface area contributed by atoms with Crippen molar-refractivity contribution in [2.45, 2.75) is 271 Å². The van der Waals surface area contributed by atoms with Crippen molar-refractivity contribution in [3.8, 4) is 0 Å². The van der Waals surface area contributed by atoms with Crippen molar-refractivity contribution in [3.63, 3.8) is 0 Å². The van der Waals surface area contributed by atoms with E-state index in [1.165, 1.54) is 103 Å². The Hall–Kier alpha value is -3.67. The van der Waals surface area contributed by atoms with Crippen molar-refractivity contribution < 1.29 is 28.6 Å². The Balaban J connectivity index is 4.19. The topological polar surface area (TPSA) is 78.9 Å². The van der Waals surface area contributed by atoms with Gasteiger partial charge < -0.3 is 14.2 Å². The first kappa shape index (κ1) is 65.3. The number of hydrogen-bond acceptors (Lipinski definition) is 6. The lowest BCUT2D eigenvalue weighted by molar-refractivity contribution is -0.167. The average molecular weight is 960 g/mol. The molecule has 1 atom stereocenters. The molecular formula is C63H106O6. The van der Waals surface area contributed by atoms with Gasteiger partial charge in [-0.2, -0.15) is 0 Å². The predicted octanol–water partition coefficient (Wildman–Crippen LogP) is 19.3. The van der Waals surface area contributed by atoms with Crippen LogP contribution in [0.4, 0.5) is 0 Å². The first-order valence-electron chi connectivity index (χ1n) is 28.7. The van der Waals surface area contributed by atoms with Crippen molar-refractivity contribution >= 4 is 17.9 Å². The lowest BCUT2D eigenvalue weighted by Crippen LogP contribution is -2.30. The van der Waals surface area contributed by atoms with E-state index in [9.17, 15) is 14.4 Å². The van der Waals surface area contributed by atoms with E-state index in [0.29, 0.717) is 19.3 Å². The van der Waals surface area contributed by atoms with Crippen LogP contribution in [0.5, 0.6) is 0 Å². The Morgan fingerprint density at radius 2 is 0.565 bits per heavy atom. The van der Waals surface area contributed by atoms with E-state index in [1.807, 2.05) is 0 Å². The molecule has 6 heteroatoms. The third-order valence-electron chi connectivity index (χ3n) is 12.1. The molecule has 0 N–H and O–H groups in total. The predicted molar refractivity (Wildman–Crippen MR) is 297 cm³/mol. The van der Waals surface area contributed by atoms with E-state index in [4.69, 9.17) is 14.2 Å². The van der Waals surface area contributed by atoms with Gasteiger partial charge in [0.05, 0.1) is 0 Å². The molecule has 394 valence electrons. The number of carbonyl (C=O) groups is 3. The first-order chi connectivity index (χ1) is 34.0. The summed E-state index contributed by atoms with van der Waals surface area (Å²) in [6, 6.07) is 0. The van der Waals surface area contributed by atoms with E-state index < -0.39 is 6.10 Å². The average Bonchev–Trinajstić information content (AvgIpc) is 3.35. The second kappa shape index (κ2) is 56.9. The number of unbranched alkanes of at least 4 members (excludes halogenated alkanes) is 24. The van der Waals surface area contributed by atoms with Crippen molar-refractivity contribution in [3.05, 3.63) is 97.2 Å². The Kier molecular flexibility index (Phi) is 53.9. The van der Waals surface area contributed by atoms with E-state index in [-0.39, 0.29) is 31.1 Å². The van der Waals surface area contributed by atoms with Gasteiger partial charge in [-0.1, -0.05) is 240 Å². The Bertz CT molecular complexity index is 1380. The van der Waals surface area contributed by atoms with Crippen molar-refractivity contribution in [1.82, 2.24) is 0 Å². The first-order valence-corrected chi connectivity index (χ1v) is 28.7. The monoisotopic (exact) mass is 959 g/mol. The van der Waals surface area contributed by atoms with Gasteiger partial charge in [-0.15, -0.1) is 0 Å². The number of allylic oxidation sites excluding steroid dienone is 16. The third-order valence-corrected chi connectivity index (χ3v) is 12.1. The van der Waals surface area contributed by atoms with Crippen LogP contribution in [0.2, 0.25) is 0 Å². The molecule has 0 radical (unpaired) electrons. The molecule has 0 amide bonds. The molecule has 1 unspecified atom stereocenters. The zero-order valence-corrected chi connectivity index (χ0v) is 45.0. The molecular weight excluding hydrogens is 853 g/mol. The fourth-order valence-electron chi connectivity index (χ4n) is 7.77. The second-order valence-corrected chi connectivity index (χ2v) is 18.8. The molecule has 0 aliphatic heterocycles. The van der Waals surface area contributed by atoms with Crippen LogP contribution < -0.4 is 0 Å². The van der Waals surface area contributed by atoms with Gasteiger partial charge in [0.25, 0.3) is 0 Å². The molecule has 0 rings (SSSR count). The maximum absolute atomic E-state index is 12.8. The SMILES string of the molecule is CC/C=C\C/C=C\C/C=C\C/C=C\C/C=C\C/C=C\C/C=C\CCCCCCCCCC(=O)OCC(COC(=O)CCCCCCCCC)OC(=O)CCCCCCC/C=C\CCCCCCCC. The number of carbonyl (C=O) groups excluding carboxylic acids is 3. The molecule has 0 saturated heterocycles. The number of esters is 3. The van der Waals surface area contributed by atoms with Crippen LogP contribution in [0.15, 0.2) is 97.2 Å². The summed E-state index contributed by atoms with van der Waals surface area (Å²) in [5.41, 5.74) is 0. The molecule has 0 aliphatic carbocycles. The van der Waals surface area contributed by atoms with Gasteiger partial charge >= 0.3 is 17.9 Å². The van der Waals surface area contributed by atoms with Gasteiger partial charge in [0.2, 0.25) is 0 Å². The highest BCUT2D eigenvalue weighted by Gasteiger charge is 2.19. The minimum absolute atomic E-state index is 0.0833. The molecule has 0 saturated carbocycles. The standard InChI is InChI=1S/C63H106O6/c1-4-7-10-13-16-18-20-22-24-25-26-27-28-29-30-31-32-33-34-35-36-37-39-40-42-44-47-50-53-56-62(65)68-59-60(58-67-61(64)55-52-49-46-15-12-9-6-3)69-63(66)57-54-51-48-45-43-41-38-23-21-19-17-14-11-8-5-2/h7,10,16,18,22-24,26-27,29-30,32-33,35-36,38,60H,4-6,8-9,11-15,17,19-21,25,28,31,34,37,39-59H2,1-3H3/b10-7-,18-16-,24-22-,27-26-,30-29-,33-32-,36-35-,38-23-. The zero-order valence-electron chi connectivity index (χ0n) is 45.0. The minimum atomic E-state index is -0.783. The summed E-state index contributed by atoms with van der Waals surface area (Å²) in [5, 5.41) is 0. The second-order valence-electron chi connectivity index (χ2n) is 18.8. The van der Waals surface area contributed by atoms with E-state index in [0.717, 1.165) is 122 Å². The fourth-order valence-corrected chi connectivity index (χ4v) is 7.77. The molecule has 0 heterocycles. The van der Waals surface area contributed by atoms with E-state index in [2.05, 4.69) is 118 Å². The largest absolute Gasteiger partial charge is 0.462 e.